The van der Waals surface area contributed by atoms with E-state index in [1.54, 1.807) is 7.11 Å². The van der Waals surface area contributed by atoms with Crippen molar-refractivity contribution in [3.05, 3.63) is 0 Å². The summed E-state index contributed by atoms with van der Waals surface area (Å²) in [6.45, 7) is 2.30. The van der Waals surface area contributed by atoms with E-state index in [9.17, 15) is 9.90 Å². The number of carbonyl (C=O) groups is 1. The van der Waals surface area contributed by atoms with Crippen LogP contribution in [0, 0.1) is 0 Å². The molecule has 0 aromatic rings. The van der Waals surface area contributed by atoms with Gasteiger partial charge in [0.15, 0.2) is 6.10 Å². The van der Waals surface area contributed by atoms with Crippen LogP contribution in [-0.4, -0.2) is 61.9 Å². The van der Waals surface area contributed by atoms with Gasteiger partial charge in [0.25, 0.3) is 0 Å². The predicted octanol–water partition coefficient (Wildman–Crippen LogP) is -0.500. The van der Waals surface area contributed by atoms with E-state index in [1.165, 1.54) is 6.92 Å². The van der Waals surface area contributed by atoms with E-state index in [0.29, 0.717) is 13.2 Å². The summed E-state index contributed by atoms with van der Waals surface area (Å²) in [5.41, 5.74) is 0. The molecule has 0 aromatic carbocycles. The lowest BCUT2D eigenvalue weighted by Gasteiger charge is -2.13. The number of hydrogen-bond donors (Lipinski definition) is 2. The van der Waals surface area contributed by atoms with E-state index < -0.39 is 18.2 Å². The first-order valence-electron chi connectivity index (χ1n) is 4.67. The highest BCUT2D eigenvalue weighted by Gasteiger charge is 2.13. The van der Waals surface area contributed by atoms with E-state index in [0.717, 1.165) is 0 Å². The molecule has 0 rings (SSSR count). The molecule has 6 nitrogen and oxygen atoms in total. The Morgan fingerprint density at radius 2 is 2.00 bits per heavy atom. The minimum Gasteiger partial charge on any atom is -0.479 e. The summed E-state index contributed by atoms with van der Waals surface area (Å²) in [5, 5.41) is 17.8. The maximum atomic E-state index is 10.4. The fourth-order valence-electron chi connectivity index (χ4n) is 0.736. The predicted molar refractivity (Wildman–Crippen MR) is 51.8 cm³/mol. The zero-order valence-electron chi connectivity index (χ0n) is 9.01. The Labute approximate surface area is 88.7 Å². The molecule has 90 valence electrons. The molecule has 0 aromatic heterocycles. The maximum Gasteiger partial charge on any atom is 0.332 e. The molecule has 0 amide bonds. The molecule has 15 heavy (non-hydrogen) atoms. The van der Waals surface area contributed by atoms with Gasteiger partial charge in [-0.05, 0) is 6.92 Å². The SMILES string of the molecule is COCCOCC(O)CO[C@@H](C)C(=O)O. The van der Waals surface area contributed by atoms with Crippen molar-refractivity contribution >= 4 is 5.97 Å². The second kappa shape index (κ2) is 8.60. The van der Waals surface area contributed by atoms with Crippen LogP contribution in [0.4, 0.5) is 0 Å². The molecule has 0 saturated heterocycles. The van der Waals surface area contributed by atoms with Crippen LogP contribution in [-0.2, 0) is 19.0 Å². The summed E-state index contributed by atoms with van der Waals surface area (Å²) >= 11 is 0. The topological polar surface area (TPSA) is 85.2 Å². The number of aliphatic hydroxyl groups is 1. The second-order valence-corrected chi connectivity index (χ2v) is 3.04. The van der Waals surface area contributed by atoms with E-state index in [-0.39, 0.29) is 13.2 Å². The number of rotatable bonds is 9. The Bertz CT molecular complexity index is 172. The molecule has 0 heterocycles. The molecule has 0 spiro atoms. The standard InChI is InChI=1S/C9H18O6/c1-7(9(11)12)15-6-8(10)5-14-4-3-13-2/h7-8,10H,3-6H2,1-2H3,(H,11,12)/t7-,8?/m0/s1. The molecule has 0 bridgehead atoms. The largest absolute Gasteiger partial charge is 0.479 e. The van der Waals surface area contributed by atoms with Crippen molar-refractivity contribution in [2.45, 2.75) is 19.1 Å². The highest BCUT2D eigenvalue weighted by molar-refractivity contribution is 5.71. The van der Waals surface area contributed by atoms with Gasteiger partial charge in [0.05, 0.1) is 26.4 Å². The van der Waals surface area contributed by atoms with E-state index in [2.05, 4.69) is 0 Å². The monoisotopic (exact) mass is 222 g/mol. The highest BCUT2D eigenvalue weighted by atomic mass is 16.5. The van der Waals surface area contributed by atoms with Crippen LogP contribution in [0.25, 0.3) is 0 Å². The fourth-order valence-corrected chi connectivity index (χ4v) is 0.736. The number of aliphatic carboxylic acids is 1. The van der Waals surface area contributed by atoms with Gasteiger partial charge in [-0.15, -0.1) is 0 Å². The van der Waals surface area contributed by atoms with Gasteiger partial charge in [-0.25, -0.2) is 4.79 Å². The van der Waals surface area contributed by atoms with Crippen LogP contribution >= 0.6 is 0 Å². The van der Waals surface area contributed by atoms with Crippen LogP contribution in [0.2, 0.25) is 0 Å². The van der Waals surface area contributed by atoms with Crippen molar-refractivity contribution in [1.29, 1.82) is 0 Å². The summed E-state index contributed by atoms with van der Waals surface area (Å²) in [6, 6.07) is 0. The number of carboxylic acid groups (broad SMARTS) is 1. The molecule has 2 N–H and O–H groups in total. The van der Waals surface area contributed by atoms with Gasteiger partial charge < -0.3 is 24.4 Å². The molecule has 6 heteroatoms. The summed E-state index contributed by atoms with van der Waals surface area (Å²) < 4.78 is 14.6. The van der Waals surface area contributed by atoms with Gasteiger partial charge in [0.2, 0.25) is 0 Å². The van der Waals surface area contributed by atoms with Crippen molar-refractivity contribution in [3.63, 3.8) is 0 Å². The Morgan fingerprint density at radius 3 is 2.53 bits per heavy atom. The smallest absolute Gasteiger partial charge is 0.332 e. The average molecular weight is 222 g/mol. The molecule has 2 atom stereocenters. The molecule has 0 aliphatic heterocycles. The molecule has 0 aliphatic rings. The minimum absolute atomic E-state index is 0.0551. The van der Waals surface area contributed by atoms with Crippen LogP contribution in [0.15, 0.2) is 0 Å². The van der Waals surface area contributed by atoms with Gasteiger partial charge in [-0.2, -0.15) is 0 Å². The van der Waals surface area contributed by atoms with Gasteiger partial charge in [-0.3, -0.25) is 0 Å². The van der Waals surface area contributed by atoms with Crippen molar-refractivity contribution in [2.75, 3.05) is 33.5 Å². The Balaban J connectivity index is 3.40. The van der Waals surface area contributed by atoms with E-state index in [1.807, 2.05) is 0 Å². The van der Waals surface area contributed by atoms with Crippen molar-refractivity contribution < 1.29 is 29.2 Å². The zero-order valence-corrected chi connectivity index (χ0v) is 9.01. The van der Waals surface area contributed by atoms with Crippen LogP contribution < -0.4 is 0 Å². The normalized spacial score (nSPS) is 14.9. The molecular formula is C9H18O6. The number of hydrogen-bond acceptors (Lipinski definition) is 5. The van der Waals surface area contributed by atoms with Crippen molar-refractivity contribution in [1.82, 2.24) is 0 Å². The Kier molecular flexibility index (Phi) is 8.21. The van der Waals surface area contributed by atoms with Gasteiger partial charge in [0.1, 0.15) is 6.10 Å². The summed E-state index contributed by atoms with van der Waals surface area (Å²) in [4.78, 5) is 10.4. The summed E-state index contributed by atoms with van der Waals surface area (Å²) in [5.74, 6) is -1.05. The second-order valence-electron chi connectivity index (χ2n) is 3.04. The first kappa shape index (κ1) is 14.3. The minimum atomic E-state index is -1.05. The fraction of sp³-hybridized carbons (Fsp3) is 0.889. The molecule has 0 radical (unpaired) electrons. The quantitative estimate of drug-likeness (QED) is 0.511. The van der Waals surface area contributed by atoms with Crippen molar-refractivity contribution in [2.24, 2.45) is 0 Å². The Hall–Kier alpha value is -0.690. The highest BCUT2D eigenvalue weighted by Crippen LogP contribution is 1.94. The summed E-state index contributed by atoms with van der Waals surface area (Å²) in [6.07, 6.45) is -1.73. The third kappa shape index (κ3) is 8.31. The molecule has 0 aliphatic carbocycles. The van der Waals surface area contributed by atoms with Gasteiger partial charge in [0, 0.05) is 7.11 Å². The van der Waals surface area contributed by atoms with E-state index >= 15 is 0 Å². The zero-order chi connectivity index (χ0) is 11.7. The molecule has 0 fully saturated rings. The molecular weight excluding hydrogens is 204 g/mol. The number of aliphatic hydroxyl groups excluding tert-OH is 1. The van der Waals surface area contributed by atoms with Gasteiger partial charge >= 0.3 is 5.97 Å². The average Bonchev–Trinajstić information content (AvgIpc) is 2.20. The Morgan fingerprint density at radius 1 is 1.33 bits per heavy atom. The lowest BCUT2D eigenvalue weighted by Crippen LogP contribution is -2.28. The van der Waals surface area contributed by atoms with Crippen molar-refractivity contribution in [3.8, 4) is 0 Å². The maximum absolute atomic E-state index is 10.4. The number of carboxylic acids is 1. The van der Waals surface area contributed by atoms with E-state index in [4.69, 9.17) is 19.3 Å². The first-order chi connectivity index (χ1) is 7.07. The summed E-state index contributed by atoms with van der Waals surface area (Å²) in [7, 11) is 1.55. The molecule has 0 saturated carbocycles. The van der Waals surface area contributed by atoms with Gasteiger partial charge in [-0.1, -0.05) is 0 Å². The van der Waals surface area contributed by atoms with Crippen LogP contribution in [0.1, 0.15) is 6.92 Å². The molecule has 1 unspecified atom stereocenters. The third-order valence-corrected chi connectivity index (χ3v) is 1.63. The number of ether oxygens (including phenoxy) is 3. The van der Waals surface area contributed by atoms with Crippen LogP contribution in [0.5, 0.6) is 0 Å². The lowest BCUT2D eigenvalue weighted by atomic mass is 10.4. The number of methoxy groups -OCH3 is 1. The third-order valence-electron chi connectivity index (χ3n) is 1.63. The van der Waals surface area contributed by atoms with Crippen LogP contribution in [0.3, 0.4) is 0 Å². The lowest BCUT2D eigenvalue weighted by molar-refractivity contribution is -0.151. The first-order valence-corrected chi connectivity index (χ1v) is 4.67.